The summed E-state index contributed by atoms with van der Waals surface area (Å²) in [6.45, 7) is 6.40. The van der Waals surface area contributed by atoms with Gasteiger partial charge in [0.25, 0.3) is 0 Å². The Labute approximate surface area is 92.9 Å². The van der Waals surface area contributed by atoms with Gasteiger partial charge in [-0.2, -0.15) is 0 Å². The van der Waals surface area contributed by atoms with E-state index in [1.807, 2.05) is 0 Å². The summed E-state index contributed by atoms with van der Waals surface area (Å²) in [5, 5.41) is 1.73. The van der Waals surface area contributed by atoms with Gasteiger partial charge in [0.15, 0.2) is 0 Å². The monoisotopic (exact) mass is 227 g/mol. The Hall–Kier alpha value is -0.353. The predicted octanol–water partition coefficient (Wildman–Crippen LogP) is 2.69. The SMILES string of the molecule is C[Si](C)(C)ON1C(=O)CC12CCCCC2. The van der Waals surface area contributed by atoms with Crippen LogP contribution in [0.3, 0.4) is 0 Å². The number of hydrogen-bond acceptors (Lipinski definition) is 2. The molecular formula is C11H21NO2Si. The quantitative estimate of drug-likeness (QED) is 0.536. The van der Waals surface area contributed by atoms with Crippen molar-refractivity contribution in [2.45, 2.75) is 63.7 Å². The fourth-order valence-electron chi connectivity index (χ4n) is 2.61. The molecule has 3 nitrogen and oxygen atoms in total. The second-order valence-corrected chi connectivity index (χ2v) is 10.3. The highest BCUT2D eigenvalue weighted by Gasteiger charge is 2.53. The largest absolute Gasteiger partial charge is 0.317 e. The van der Waals surface area contributed by atoms with Crippen molar-refractivity contribution >= 4 is 14.2 Å². The van der Waals surface area contributed by atoms with E-state index >= 15 is 0 Å². The van der Waals surface area contributed by atoms with Crippen LogP contribution in [0, 0.1) is 0 Å². The summed E-state index contributed by atoms with van der Waals surface area (Å²) in [5.74, 6) is 0.194. The van der Waals surface area contributed by atoms with Crippen molar-refractivity contribution in [1.82, 2.24) is 5.06 Å². The van der Waals surface area contributed by atoms with Crippen molar-refractivity contribution in [1.29, 1.82) is 0 Å². The molecule has 2 aliphatic rings. The normalized spacial score (nSPS) is 25.5. The highest BCUT2D eigenvalue weighted by molar-refractivity contribution is 6.69. The molecule has 0 bridgehead atoms. The van der Waals surface area contributed by atoms with E-state index in [0.717, 1.165) is 19.3 Å². The number of amides is 1. The van der Waals surface area contributed by atoms with Crippen LogP contribution in [0.15, 0.2) is 0 Å². The van der Waals surface area contributed by atoms with Crippen LogP contribution in [0.25, 0.3) is 0 Å². The van der Waals surface area contributed by atoms with Crippen molar-refractivity contribution < 1.29 is 9.32 Å². The number of hydrogen-bond donors (Lipinski definition) is 0. The maximum absolute atomic E-state index is 11.6. The molecule has 1 aliphatic heterocycles. The van der Waals surface area contributed by atoms with Crippen LogP contribution in [0.1, 0.15) is 38.5 Å². The first-order valence-corrected chi connectivity index (χ1v) is 9.36. The summed E-state index contributed by atoms with van der Waals surface area (Å²) >= 11 is 0. The van der Waals surface area contributed by atoms with Crippen LogP contribution in [0.5, 0.6) is 0 Å². The Bertz CT molecular complexity index is 266. The standard InChI is InChI=1S/C11H21NO2Si/c1-15(2,3)14-12-10(13)9-11(12)7-5-4-6-8-11/h4-9H2,1-3H3. The second-order valence-electron chi connectivity index (χ2n) is 5.85. The summed E-state index contributed by atoms with van der Waals surface area (Å²) in [6.07, 6.45) is 6.82. The van der Waals surface area contributed by atoms with Gasteiger partial charge in [0.05, 0.1) is 12.0 Å². The van der Waals surface area contributed by atoms with Gasteiger partial charge in [-0.25, -0.2) is 5.06 Å². The van der Waals surface area contributed by atoms with Gasteiger partial charge in [0.2, 0.25) is 14.2 Å². The predicted molar refractivity (Wildman–Crippen MR) is 61.7 cm³/mol. The number of β-lactam (4-membered cyclic amide) rings is 1. The smallest absolute Gasteiger partial charge is 0.248 e. The van der Waals surface area contributed by atoms with Gasteiger partial charge >= 0.3 is 0 Å². The fourth-order valence-corrected chi connectivity index (χ4v) is 3.45. The van der Waals surface area contributed by atoms with Gasteiger partial charge in [0, 0.05) is 0 Å². The van der Waals surface area contributed by atoms with Gasteiger partial charge in [-0.1, -0.05) is 19.3 Å². The lowest BCUT2D eigenvalue weighted by atomic mass is 9.74. The molecule has 0 N–H and O–H groups in total. The molecule has 1 saturated heterocycles. The lowest BCUT2D eigenvalue weighted by molar-refractivity contribution is -0.226. The number of nitrogens with zero attached hydrogens (tertiary/aromatic N) is 1. The van der Waals surface area contributed by atoms with Crippen molar-refractivity contribution in [3.05, 3.63) is 0 Å². The first kappa shape index (κ1) is 11.1. The van der Waals surface area contributed by atoms with Crippen molar-refractivity contribution in [2.75, 3.05) is 0 Å². The van der Waals surface area contributed by atoms with E-state index in [0.29, 0.717) is 0 Å². The number of carbonyl (C=O) groups excluding carboxylic acids is 1. The van der Waals surface area contributed by atoms with Gasteiger partial charge in [-0.3, -0.25) is 4.79 Å². The van der Waals surface area contributed by atoms with E-state index in [9.17, 15) is 4.79 Å². The van der Waals surface area contributed by atoms with Crippen molar-refractivity contribution in [3.8, 4) is 0 Å². The van der Waals surface area contributed by atoms with Gasteiger partial charge in [0.1, 0.15) is 0 Å². The average molecular weight is 227 g/mol. The number of carbonyl (C=O) groups is 1. The third-order valence-corrected chi connectivity index (χ3v) is 4.02. The zero-order chi connectivity index (χ0) is 11.1. The zero-order valence-electron chi connectivity index (χ0n) is 10.0. The van der Waals surface area contributed by atoms with Crippen LogP contribution in [0.2, 0.25) is 19.6 Å². The van der Waals surface area contributed by atoms with Gasteiger partial charge < -0.3 is 4.53 Å². The van der Waals surface area contributed by atoms with E-state index in [1.54, 1.807) is 5.06 Å². The molecule has 2 rings (SSSR count). The first-order chi connectivity index (χ1) is 6.93. The Morgan fingerprint density at radius 2 is 1.80 bits per heavy atom. The Morgan fingerprint density at radius 1 is 1.20 bits per heavy atom. The number of hydroxylamine groups is 2. The van der Waals surface area contributed by atoms with Crippen LogP contribution in [0.4, 0.5) is 0 Å². The third-order valence-electron chi connectivity index (χ3n) is 3.29. The Morgan fingerprint density at radius 3 is 2.27 bits per heavy atom. The highest BCUT2D eigenvalue weighted by atomic mass is 28.4. The molecule has 0 aromatic rings. The van der Waals surface area contributed by atoms with Crippen LogP contribution >= 0.6 is 0 Å². The van der Waals surface area contributed by atoms with E-state index in [-0.39, 0.29) is 11.4 Å². The average Bonchev–Trinajstić information content (AvgIpc) is 2.15. The summed E-state index contributed by atoms with van der Waals surface area (Å²) in [4.78, 5) is 11.6. The molecule has 2 fully saturated rings. The third kappa shape index (κ3) is 2.11. The van der Waals surface area contributed by atoms with Crippen LogP contribution in [-0.2, 0) is 9.32 Å². The Balaban J connectivity index is 2.05. The Kier molecular flexibility index (Phi) is 2.67. The lowest BCUT2D eigenvalue weighted by Gasteiger charge is -2.54. The summed E-state index contributed by atoms with van der Waals surface area (Å²) in [5.41, 5.74) is 0.0929. The molecule has 0 unspecified atom stereocenters. The minimum absolute atomic E-state index is 0.0929. The maximum Gasteiger partial charge on any atom is 0.248 e. The molecule has 0 atom stereocenters. The summed E-state index contributed by atoms with van der Waals surface area (Å²) in [6, 6.07) is 0. The molecule has 1 spiro atoms. The van der Waals surface area contributed by atoms with E-state index < -0.39 is 8.32 Å². The molecular weight excluding hydrogens is 206 g/mol. The molecule has 0 aromatic carbocycles. The molecule has 1 saturated carbocycles. The lowest BCUT2D eigenvalue weighted by Crippen LogP contribution is -2.66. The molecule has 1 heterocycles. The minimum atomic E-state index is -1.64. The van der Waals surface area contributed by atoms with Crippen LogP contribution in [-0.4, -0.2) is 24.8 Å². The molecule has 0 radical (unpaired) electrons. The van der Waals surface area contributed by atoms with E-state index in [2.05, 4.69) is 19.6 Å². The molecule has 86 valence electrons. The molecule has 0 aromatic heterocycles. The van der Waals surface area contributed by atoms with E-state index in [1.165, 1.54) is 19.3 Å². The summed E-state index contributed by atoms with van der Waals surface area (Å²) in [7, 11) is -1.64. The second kappa shape index (κ2) is 3.59. The highest BCUT2D eigenvalue weighted by Crippen LogP contribution is 2.44. The first-order valence-electron chi connectivity index (χ1n) is 5.95. The number of rotatable bonds is 2. The zero-order valence-corrected chi connectivity index (χ0v) is 11.0. The minimum Gasteiger partial charge on any atom is -0.317 e. The van der Waals surface area contributed by atoms with Crippen LogP contribution < -0.4 is 0 Å². The molecule has 15 heavy (non-hydrogen) atoms. The van der Waals surface area contributed by atoms with Crippen molar-refractivity contribution in [3.63, 3.8) is 0 Å². The van der Waals surface area contributed by atoms with Gasteiger partial charge in [-0.05, 0) is 32.5 Å². The fraction of sp³-hybridized carbons (Fsp3) is 0.909. The molecule has 4 heteroatoms. The molecule has 1 amide bonds. The van der Waals surface area contributed by atoms with E-state index in [4.69, 9.17) is 4.53 Å². The molecule has 1 aliphatic carbocycles. The van der Waals surface area contributed by atoms with Crippen molar-refractivity contribution in [2.24, 2.45) is 0 Å². The maximum atomic E-state index is 11.6. The topological polar surface area (TPSA) is 29.5 Å². The van der Waals surface area contributed by atoms with Gasteiger partial charge in [-0.15, -0.1) is 0 Å². The summed E-state index contributed by atoms with van der Waals surface area (Å²) < 4.78 is 5.90.